The molecular formula is C18H26F5NOSi. The van der Waals surface area contributed by atoms with E-state index in [0.717, 1.165) is 6.20 Å². The lowest BCUT2D eigenvalue weighted by molar-refractivity contribution is -0.137. The van der Waals surface area contributed by atoms with Crippen LogP contribution >= 0.6 is 0 Å². The maximum Gasteiger partial charge on any atom is 0.418 e. The van der Waals surface area contributed by atoms with Crippen LogP contribution in [0.5, 0.6) is 0 Å². The van der Waals surface area contributed by atoms with E-state index in [-0.39, 0.29) is 22.3 Å². The van der Waals surface area contributed by atoms with Gasteiger partial charge in [0.25, 0.3) is 0 Å². The average Bonchev–Trinajstić information content (AvgIpc) is 2.84. The zero-order chi connectivity index (χ0) is 20.2. The summed E-state index contributed by atoms with van der Waals surface area (Å²) in [6, 6.07) is 0. The Balaban J connectivity index is 2.91. The van der Waals surface area contributed by atoms with Crippen LogP contribution in [0.2, 0.25) is 16.6 Å². The first kappa shape index (κ1) is 21.1. The first-order chi connectivity index (χ1) is 11.8. The number of carbonyl (C=O) groups is 1. The molecular weight excluding hydrogens is 369 g/mol. The minimum atomic E-state index is -4.79. The van der Waals surface area contributed by atoms with Crippen LogP contribution in [-0.2, 0) is 12.6 Å². The van der Waals surface area contributed by atoms with E-state index in [1.807, 2.05) is 41.5 Å². The molecule has 8 heteroatoms. The van der Waals surface area contributed by atoms with E-state index in [9.17, 15) is 26.7 Å². The summed E-state index contributed by atoms with van der Waals surface area (Å²) in [7, 11) is -2.65. The number of alkyl halides is 5. The van der Waals surface area contributed by atoms with Crippen molar-refractivity contribution in [2.45, 2.75) is 83.1 Å². The summed E-state index contributed by atoms with van der Waals surface area (Å²) in [6.07, 6.45) is -8.98. The molecule has 1 aromatic heterocycles. The van der Waals surface area contributed by atoms with E-state index >= 15 is 0 Å². The highest BCUT2D eigenvalue weighted by Crippen LogP contribution is 2.47. The molecule has 0 fully saturated rings. The molecule has 2 nitrogen and oxygen atoms in total. The third-order valence-corrected chi connectivity index (χ3v) is 12.6. The van der Waals surface area contributed by atoms with Crippen molar-refractivity contribution in [1.82, 2.24) is 4.23 Å². The van der Waals surface area contributed by atoms with E-state index in [2.05, 4.69) is 0 Å². The van der Waals surface area contributed by atoms with E-state index in [1.54, 1.807) is 4.23 Å². The topological polar surface area (TPSA) is 22.0 Å². The summed E-state index contributed by atoms with van der Waals surface area (Å²) in [5.74, 6) is -1.39. The van der Waals surface area contributed by atoms with Crippen LogP contribution in [0.3, 0.4) is 0 Å². The Bertz CT molecular complexity index is 671. The number of rotatable bonds is 4. The zero-order valence-electron chi connectivity index (χ0n) is 15.9. The highest BCUT2D eigenvalue weighted by Gasteiger charge is 2.52. The van der Waals surface area contributed by atoms with Crippen LogP contribution in [0.1, 0.15) is 63.2 Å². The van der Waals surface area contributed by atoms with Gasteiger partial charge in [-0.3, -0.25) is 4.79 Å². The Morgan fingerprint density at radius 2 is 1.50 bits per heavy atom. The maximum atomic E-state index is 14.1. The molecule has 2 rings (SSSR count). The van der Waals surface area contributed by atoms with E-state index in [4.69, 9.17) is 0 Å². The van der Waals surface area contributed by atoms with Crippen LogP contribution < -0.4 is 0 Å². The van der Waals surface area contributed by atoms with Gasteiger partial charge in [-0.1, -0.05) is 41.5 Å². The second kappa shape index (κ2) is 6.76. The van der Waals surface area contributed by atoms with Gasteiger partial charge in [0.05, 0.1) is 11.1 Å². The fourth-order valence-corrected chi connectivity index (χ4v) is 11.7. The SMILES string of the molecule is CC(C)[Si](C(C)C)(C(C)C)n1cc(C(F)(F)F)c2c1CC(F)C(F)C2=O. The summed E-state index contributed by atoms with van der Waals surface area (Å²) in [6.45, 7) is 11.8. The Morgan fingerprint density at radius 1 is 1.04 bits per heavy atom. The van der Waals surface area contributed by atoms with Gasteiger partial charge in [0.2, 0.25) is 5.78 Å². The minimum absolute atomic E-state index is 0.0199. The molecule has 0 bridgehead atoms. The first-order valence-corrected chi connectivity index (χ1v) is 11.1. The summed E-state index contributed by atoms with van der Waals surface area (Å²) in [5.41, 5.74) is -1.63. The lowest BCUT2D eigenvalue weighted by atomic mass is 9.91. The largest absolute Gasteiger partial charge is 0.418 e. The average molecular weight is 395 g/mol. The Morgan fingerprint density at radius 3 is 1.88 bits per heavy atom. The van der Waals surface area contributed by atoms with Crippen molar-refractivity contribution < 1.29 is 26.7 Å². The fraction of sp³-hybridized carbons (Fsp3) is 0.722. The highest BCUT2D eigenvalue weighted by atomic mass is 28.3. The number of Topliss-reactive ketones (excluding diaryl/α,β-unsaturated/α-hetero) is 1. The molecule has 0 amide bonds. The highest BCUT2D eigenvalue weighted by molar-refractivity contribution is 6.82. The van der Waals surface area contributed by atoms with Gasteiger partial charge in [-0.2, -0.15) is 13.2 Å². The van der Waals surface area contributed by atoms with E-state index in [0.29, 0.717) is 0 Å². The van der Waals surface area contributed by atoms with Crippen LogP contribution in [-0.4, -0.2) is 30.6 Å². The van der Waals surface area contributed by atoms with E-state index in [1.165, 1.54) is 0 Å². The molecule has 1 heterocycles. The second-order valence-corrected chi connectivity index (χ2v) is 13.8. The minimum Gasteiger partial charge on any atom is -0.376 e. The predicted molar refractivity (Wildman–Crippen MR) is 93.7 cm³/mol. The van der Waals surface area contributed by atoms with Crippen molar-refractivity contribution in [3.8, 4) is 0 Å². The number of fused-ring (bicyclic) bond motifs is 1. The lowest BCUT2D eigenvalue weighted by Crippen LogP contribution is -2.53. The number of carbonyl (C=O) groups excluding carboxylic acids is 1. The molecule has 2 unspecified atom stereocenters. The molecule has 0 aromatic carbocycles. The Hall–Kier alpha value is -1.18. The Labute approximate surface area is 151 Å². The van der Waals surface area contributed by atoms with Gasteiger partial charge >= 0.3 is 6.18 Å². The molecule has 0 N–H and O–H groups in total. The molecule has 26 heavy (non-hydrogen) atoms. The quantitative estimate of drug-likeness (QED) is 0.456. The van der Waals surface area contributed by atoms with Gasteiger partial charge in [0, 0.05) is 18.3 Å². The third-order valence-electron chi connectivity index (χ3n) is 5.81. The predicted octanol–water partition coefficient (Wildman–Crippen LogP) is 5.95. The van der Waals surface area contributed by atoms with Crippen LogP contribution in [0.25, 0.3) is 0 Å². The van der Waals surface area contributed by atoms with Crippen LogP contribution in [0.15, 0.2) is 6.20 Å². The van der Waals surface area contributed by atoms with Crippen molar-refractivity contribution in [3.05, 3.63) is 23.0 Å². The first-order valence-electron chi connectivity index (χ1n) is 8.92. The number of hydrogen-bond acceptors (Lipinski definition) is 1. The molecule has 2 atom stereocenters. The molecule has 148 valence electrons. The maximum absolute atomic E-state index is 14.1. The molecule has 0 radical (unpaired) electrons. The third kappa shape index (κ3) is 2.94. The van der Waals surface area contributed by atoms with Gasteiger partial charge in [-0.15, -0.1) is 0 Å². The van der Waals surface area contributed by atoms with Crippen molar-refractivity contribution in [1.29, 1.82) is 0 Å². The molecule has 1 aliphatic rings. The summed E-state index contributed by atoms with van der Waals surface area (Å²) < 4.78 is 70.4. The summed E-state index contributed by atoms with van der Waals surface area (Å²) in [4.78, 5) is 12.2. The van der Waals surface area contributed by atoms with Crippen LogP contribution in [0.4, 0.5) is 22.0 Å². The lowest BCUT2D eigenvalue weighted by Gasteiger charge is -2.45. The standard InChI is InChI=1S/C18H26F5NOSi/c1-9(2)26(10(3)4,11(5)6)24-8-12(18(21,22)23)15-14(24)7-13(19)16(20)17(15)25/h8-11,13,16H,7H2,1-6H3. The number of hydrogen-bond donors (Lipinski definition) is 0. The van der Waals surface area contributed by atoms with Crippen molar-refractivity contribution in [2.24, 2.45) is 0 Å². The van der Waals surface area contributed by atoms with Gasteiger partial charge in [-0.05, 0) is 16.6 Å². The Kier molecular flexibility index (Phi) is 5.49. The summed E-state index contributed by atoms with van der Waals surface area (Å²) >= 11 is 0. The monoisotopic (exact) mass is 395 g/mol. The normalized spacial score (nSPS) is 21.8. The molecule has 0 aliphatic heterocycles. The second-order valence-electron chi connectivity index (χ2n) is 8.07. The molecule has 1 aromatic rings. The van der Waals surface area contributed by atoms with Crippen molar-refractivity contribution >= 4 is 14.0 Å². The number of nitrogens with zero attached hydrogens (tertiary/aromatic N) is 1. The van der Waals surface area contributed by atoms with Gasteiger partial charge < -0.3 is 4.23 Å². The van der Waals surface area contributed by atoms with Crippen molar-refractivity contribution in [3.63, 3.8) is 0 Å². The molecule has 0 spiro atoms. The molecule has 1 aliphatic carbocycles. The van der Waals surface area contributed by atoms with Gasteiger partial charge in [0.15, 0.2) is 14.4 Å². The smallest absolute Gasteiger partial charge is 0.376 e. The summed E-state index contributed by atoms with van der Waals surface area (Å²) in [5, 5.41) is 0. The molecule has 0 saturated heterocycles. The van der Waals surface area contributed by atoms with Crippen LogP contribution in [0, 0.1) is 0 Å². The van der Waals surface area contributed by atoms with E-state index < -0.39 is 50.1 Å². The van der Waals surface area contributed by atoms with Crippen molar-refractivity contribution in [2.75, 3.05) is 0 Å². The zero-order valence-corrected chi connectivity index (χ0v) is 16.9. The molecule has 0 saturated carbocycles. The van der Waals surface area contributed by atoms with Gasteiger partial charge in [0.1, 0.15) is 6.17 Å². The number of ketones is 1. The van der Waals surface area contributed by atoms with Gasteiger partial charge in [-0.25, -0.2) is 8.78 Å². The fourth-order valence-electron chi connectivity index (χ4n) is 5.01. The number of aromatic nitrogens is 1. The number of halogens is 5.